The molecule has 3 rings (SSSR count). The van der Waals surface area contributed by atoms with E-state index < -0.39 is 6.10 Å². The van der Waals surface area contributed by atoms with Gasteiger partial charge in [0.05, 0.1) is 32.0 Å². The van der Waals surface area contributed by atoms with E-state index >= 15 is 0 Å². The second-order valence-corrected chi connectivity index (χ2v) is 5.40. The predicted molar refractivity (Wildman–Crippen MR) is 80.7 cm³/mol. The topological polar surface area (TPSA) is 38.7 Å². The van der Waals surface area contributed by atoms with Crippen LogP contribution in [0.5, 0.6) is 0 Å². The second-order valence-electron chi connectivity index (χ2n) is 5.40. The fourth-order valence-electron chi connectivity index (χ4n) is 2.60. The van der Waals surface area contributed by atoms with Crippen molar-refractivity contribution in [3.8, 4) is 0 Å². The van der Waals surface area contributed by atoms with Crippen LogP contribution >= 0.6 is 0 Å². The highest BCUT2D eigenvalue weighted by atomic mass is 16.5. The Balaban J connectivity index is 1.48. The van der Waals surface area contributed by atoms with Crippen molar-refractivity contribution in [1.82, 2.24) is 0 Å². The molecule has 0 radical (unpaired) electrons. The Bertz CT molecular complexity index is 541. The van der Waals surface area contributed by atoms with Gasteiger partial charge in [0.1, 0.15) is 0 Å². The maximum atomic E-state index is 10.3. The van der Waals surface area contributed by atoms with Gasteiger partial charge in [0, 0.05) is 5.92 Å². The summed E-state index contributed by atoms with van der Waals surface area (Å²) in [5.41, 5.74) is 2.24. The third kappa shape index (κ3) is 3.50. The molecule has 0 bridgehead atoms. The van der Waals surface area contributed by atoms with Gasteiger partial charge < -0.3 is 14.6 Å². The molecule has 3 nitrogen and oxygen atoms in total. The minimum Gasteiger partial charge on any atom is -0.390 e. The van der Waals surface area contributed by atoms with Gasteiger partial charge in [-0.25, -0.2) is 0 Å². The molecule has 110 valence electrons. The molecule has 1 unspecified atom stereocenters. The van der Waals surface area contributed by atoms with Crippen molar-refractivity contribution < 1.29 is 14.6 Å². The van der Waals surface area contributed by atoms with E-state index in [1.165, 1.54) is 0 Å². The SMILES string of the molecule is OC(COCc1ccccc1)[C@H]1CO[C@@H]1c1ccccc1. The van der Waals surface area contributed by atoms with Crippen LogP contribution < -0.4 is 0 Å². The summed E-state index contributed by atoms with van der Waals surface area (Å²) in [7, 11) is 0. The maximum Gasteiger partial charge on any atom is 0.0901 e. The lowest BCUT2D eigenvalue weighted by molar-refractivity contribution is -0.173. The fourth-order valence-corrected chi connectivity index (χ4v) is 2.60. The van der Waals surface area contributed by atoms with Crippen LogP contribution in [0.2, 0.25) is 0 Å². The van der Waals surface area contributed by atoms with E-state index in [-0.39, 0.29) is 12.0 Å². The molecule has 2 aromatic rings. The van der Waals surface area contributed by atoms with Gasteiger partial charge in [-0.15, -0.1) is 0 Å². The molecule has 3 atom stereocenters. The van der Waals surface area contributed by atoms with Crippen molar-refractivity contribution in [3.05, 3.63) is 71.8 Å². The zero-order valence-electron chi connectivity index (χ0n) is 11.9. The summed E-state index contributed by atoms with van der Waals surface area (Å²) in [6.07, 6.45) is -0.505. The van der Waals surface area contributed by atoms with Crippen LogP contribution in [0.15, 0.2) is 60.7 Å². The number of ether oxygens (including phenoxy) is 2. The van der Waals surface area contributed by atoms with Gasteiger partial charge in [-0.05, 0) is 11.1 Å². The minimum absolute atomic E-state index is 0.0125. The summed E-state index contributed by atoms with van der Waals surface area (Å²) >= 11 is 0. The summed E-state index contributed by atoms with van der Waals surface area (Å²) in [6.45, 7) is 1.46. The van der Waals surface area contributed by atoms with E-state index in [4.69, 9.17) is 9.47 Å². The first-order valence-electron chi connectivity index (χ1n) is 7.31. The average Bonchev–Trinajstić information content (AvgIpc) is 2.48. The quantitative estimate of drug-likeness (QED) is 0.886. The Kier molecular flexibility index (Phi) is 4.65. The Hall–Kier alpha value is -1.68. The van der Waals surface area contributed by atoms with Gasteiger partial charge in [0.25, 0.3) is 0 Å². The van der Waals surface area contributed by atoms with Crippen molar-refractivity contribution in [2.45, 2.75) is 18.8 Å². The van der Waals surface area contributed by atoms with Gasteiger partial charge in [-0.3, -0.25) is 0 Å². The highest BCUT2D eigenvalue weighted by Gasteiger charge is 2.38. The van der Waals surface area contributed by atoms with E-state index in [0.29, 0.717) is 19.8 Å². The minimum atomic E-state index is -0.493. The molecular weight excluding hydrogens is 264 g/mol. The first kappa shape index (κ1) is 14.3. The molecule has 1 saturated heterocycles. The molecule has 0 spiro atoms. The lowest BCUT2D eigenvalue weighted by Crippen LogP contribution is -2.43. The number of aliphatic hydroxyl groups excluding tert-OH is 1. The molecule has 0 saturated carbocycles. The van der Waals surface area contributed by atoms with E-state index in [1.807, 2.05) is 60.7 Å². The lowest BCUT2D eigenvalue weighted by atomic mass is 9.87. The van der Waals surface area contributed by atoms with Crippen molar-refractivity contribution in [2.75, 3.05) is 13.2 Å². The van der Waals surface area contributed by atoms with Gasteiger partial charge in [-0.2, -0.15) is 0 Å². The Morgan fingerprint density at radius 2 is 1.71 bits per heavy atom. The van der Waals surface area contributed by atoms with Crippen LogP contribution in [0.1, 0.15) is 17.2 Å². The van der Waals surface area contributed by atoms with Gasteiger partial charge >= 0.3 is 0 Å². The number of hydrogen-bond acceptors (Lipinski definition) is 3. The Morgan fingerprint density at radius 3 is 2.33 bits per heavy atom. The van der Waals surface area contributed by atoms with Crippen LogP contribution in [0.25, 0.3) is 0 Å². The zero-order valence-corrected chi connectivity index (χ0v) is 11.9. The highest BCUT2D eigenvalue weighted by molar-refractivity contribution is 5.20. The zero-order chi connectivity index (χ0) is 14.5. The third-order valence-corrected chi connectivity index (χ3v) is 3.88. The van der Waals surface area contributed by atoms with Crippen molar-refractivity contribution in [3.63, 3.8) is 0 Å². The molecule has 0 aliphatic carbocycles. The van der Waals surface area contributed by atoms with Crippen molar-refractivity contribution in [2.24, 2.45) is 5.92 Å². The summed E-state index contributed by atoms with van der Waals surface area (Å²) in [6, 6.07) is 20.0. The third-order valence-electron chi connectivity index (χ3n) is 3.88. The van der Waals surface area contributed by atoms with E-state index in [0.717, 1.165) is 11.1 Å². The fraction of sp³-hybridized carbons (Fsp3) is 0.333. The molecule has 1 aliphatic rings. The number of hydrogen-bond donors (Lipinski definition) is 1. The Labute approximate surface area is 125 Å². The standard InChI is InChI=1S/C18H20O3/c19-17(13-20-11-14-7-3-1-4-8-14)16-12-21-18(16)15-9-5-2-6-10-15/h1-10,16-19H,11-13H2/t16-,17?,18-/m1/s1. The first-order chi connectivity index (χ1) is 10.3. The smallest absolute Gasteiger partial charge is 0.0901 e. The number of aliphatic hydroxyl groups is 1. The number of rotatable bonds is 6. The maximum absolute atomic E-state index is 10.3. The average molecular weight is 284 g/mol. The van der Waals surface area contributed by atoms with Crippen LogP contribution in [0.4, 0.5) is 0 Å². The normalized spacial score (nSPS) is 22.5. The highest BCUT2D eigenvalue weighted by Crippen LogP contribution is 2.37. The molecule has 1 aliphatic heterocycles. The van der Waals surface area contributed by atoms with Crippen LogP contribution in [-0.4, -0.2) is 24.4 Å². The lowest BCUT2D eigenvalue weighted by Gasteiger charge is -2.40. The van der Waals surface area contributed by atoms with Gasteiger partial charge in [0.15, 0.2) is 0 Å². The first-order valence-corrected chi connectivity index (χ1v) is 7.31. The van der Waals surface area contributed by atoms with E-state index in [2.05, 4.69) is 0 Å². The molecule has 1 N–H and O–H groups in total. The molecule has 3 heteroatoms. The molecule has 0 amide bonds. The van der Waals surface area contributed by atoms with Crippen molar-refractivity contribution >= 4 is 0 Å². The van der Waals surface area contributed by atoms with Gasteiger partial charge in [0.2, 0.25) is 0 Å². The van der Waals surface area contributed by atoms with E-state index in [9.17, 15) is 5.11 Å². The molecule has 1 fully saturated rings. The van der Waals surface area contributed by atoms with E-state index in [1.54, 1.807) is 0 Å². The molecule has 0 aromatic heterocycles. The molecule has 21 heavy (non-hydrogen) atoms. The van der Waals surface area contributed by atoms with Gasteiger partial charge in [-0.1, -0.05) is 60.7 Å². The van der Waals surface area contributed by atoms with Crippen LogP contribution in [0.3, 0.4) is 0 Å². The monoisotopic (exact) mass is 284 g/mol. The Morgan fingerprint density at radius 1 is 1.05 bits per heavy atom. The summed E-state index contributed by atoms with van der Waals surface area (Å²) < 4.78 is 11.2. The predicted octanol–water partition coefficient (Wildman–Crippen LogP) is 2.95. The van der Waals surface area contributed by atoms with Crippen LogP contribution in [-0.2, 0) is 16.1 Å². The van der Waals surface area contributed by atoms with Crippen LogP contribution in [0, 0.1) is 5.92 Å². The second kappa shape index (κ2) is 6.85. The largest absolute Gasteiger partial charge is 0.390 e. The summed E-state index contributed by atoms with van der Waals surface area (Å²) in [4.78, 5) is 0. The summed E-state index contributed by atoms with van der Waals surface area (Å²) in [5, 5.41) is 10.3. The molecule has 1 heterocycles. The molecular formula is C18H20O3. The summed E-state index contributed by atoms with van der Waals surface area (Å²) in [5.74, 6) is 0.114. The van der Waals surface area contributed by atoms with Crippen molar-refractivity contribution in [1.29, 1.82) is 0 Å². The molecule has 2 aromatic carbocycles. The number of benzene rings is 2.